The van der Waals surface area contributed by atoms with Crippen molar-refractivity contribution in [3.05, 3.63) is 38.9 Å². The van der Waals surface area contributed by atoms with Crippen LogP contribution in [0.15, 0.2) is 32.7 Å². The molecular weight excluding hydrogens is 322 g/mol. The predicted octanol–water partition coefficient (Wildman–Crippen LogP) is 0.0638. The summed E-state index contributed by atoms with van der Waals surface area (Å²) >= 11 is 0. The van der Waals surface area contributed by atoms with Crippen LogP contribution in [0, 0.1) is 0 Å². The Bertz CT molecular complexity index is 925. The van der Waals surface area contributed by atoms with E-state index in [9.17, 15) is 18.0 Å². The fourth-order valence-electron chi connectivity index (χ4n) is 2.57. The molecule has 1 aromatic heterocycles. The van der Waals surface area contributed by atoms with Crippen molar-refractivity contribution < 1.29 is 13.2 Å². The van der Waals surface area contributed by atoms with E-state index in [0.29, 0.717) is 11.9 Å². The van der Waals surface area contributed by atoms with Crippen molar-refractivity contribution in [3.63, 3.8) is 0 Å². The normalized spacial score (nSPS) is 18.5. The lowest BCUT2D eigenvalue weighted by Crippen LogP contribution is -2.29. The molecule has 1 aliphatic rings. The number of rotatable bonds is 5. The van der Waals surface area contributed by atoms with E-state index in [1.165, 1.54) is 18.2 Å². The molecule has 3 rings (SSSR count). The van der Waals surface area contributed by atoms with Crippen LogP contribution in [0.4, 0.5) is 0 Å². The number of aromatic nitrogens is 2. The van der Waals surface area contributed by atoms with Crippen molar-refractivity contribution >= 4 is 21.1 Å². The van der Waals surface area contributed by atoms with Crippen LogP contribution >= 0.6 is 0 Å². The molecule has 0 aliphatic carbocycles. The molecule has 1 saturated heterocycles. The van der Waals surface area contributed by atoms with E-state index in [0.717, 1.165) is 19.4 Å². The summed E-state index contributed by atoms with van der Waals surface area (Å²) in [7, 11) is -3.69. The Hall–Kier alpha value is -1.97. The number of hydrogen-bond donors (Lipinski definition) is 3. The van der Waals surface area contributed by atoms with Gasteiger partial charge in [-0.2, -0.15) is 0 Å². The third-order valence-electron chi connectivity index (χ3n) is 3.79. The Kier molecular flexibility index (Phi) is 4.33. The fraction of sp³-hybridized carbons (Fsp3) is 0.429. The lowest BCUT2D eigenvalue weighted by atomic mass is 10.2. The van der Waals surface area contributed by atoms with Gasteiger partial charge in [-0.25, -0.2) is 13.1 Å². The first-order valence-corrected chi connectivity index (χ1v) is 8.82. The molecule has 1 aliphatic heterocycles. The number of nitrogens with one attached hydrogen (secondary N) is 3. The lowest BCUT2D eigenvalue weighted by Gasteiger charge is -2.11. The Morgan fingerprint density at radius 3 is 2.61 bits per heavy atom. The lowest BCUT2D eigenvalue weighted by molar-refractivity contribution is 0.105. The topological polar surface area (TPSA) is 121 Å². The standard InChI is InChI=1S/C14H17N3O5S/c18-13-14(19)17-12-8-10(3-4-11(12)16-13)23(20,21)15-6-5-9-2-1-7-22-9/h3-4,8-9,15H,1-2,5-7H2,(H,16,18)(H,17,19). The zero-order valence-corrected chi connectivity index (χ0v) is 13.1. The predicted molar refractivity (Wildman–Crippen MR) is 84.0 cm³/mol. The second-order valence-corrected chi connectivity index (χ2v) is 7.20. The Morgan fingerprint density at radius 1 is 1.17 bits per heavy atom. The molecule has 23 heavy (non-hydrogen) atoms. The zero-order chi connectivity index (χ0) is 16.4. The monoisotopic (exact) mass is 339 g/mol. The van der Waals surface area contributed by atoms with Gasteiger partial charge in [0.2, 0.25) is 10.0 Å². The van der Waals surface area contributed by atoms with Crippen molar-refractivity contribution in [1.29, 1.82) is 0 Å². The van der Waals surface area contributed by atoms with Crippen molar-refractivity contribution in [1.82, 2.24) is 14.7 Å². The number of H-pyrrole nitrogens is 2. The van der Waals surface area contributed by atoms with E-state index in [-0.39, 0.29) is 23.1 Å². The molecule has 0 amide bonds. The highest BCUT2D eigenvalue weighted by molar-refractivity contribution is 7.89. The first kappa shape index (κ1) is 15.9. The van der Waals surface area contributed by atoms with Gasteiger partial charge in [-0.05, 0) is 37.5 Å². The van der Waals surface area contributed by atoms with E-state index >= 15 is 0 Å². The van der Waals surface area contributed by atoms with E-state index in [4.69, 9.17) is 4.74 Å². The molecule has 3 N–H and O–H groups in total. The van der Waals surface area contributed by atoms with Crippen LogP contribution < -0.4 is 15.8 Å². The van der Waals surface area contributed by atoms with Crippen molar-refractivity contribution in [2.45, 2.75) is 30.3 Å². The smallest absolute Gasteiger partial charge is 0.314 e. The molecule has 0 saturated carbocycles. The minimum Gasteiger partial charge on any atom is -0.378 e. The van der Waals surface area contributed by atoms with Crippen molar-refractivity contribution in [3.8, 4) is 0 Å². The number of aromatic amines is 2. The van der Waals surface area contributed by atoms with Gasteiger partial charge >= 0.3 is 11.1 Å². The Morgan fingerprint density at radius 2 is 1.91 bits per heavy atom. The molecule has 9 heteroatoms. The summed E-state index contributed by atoms with van der Waals surface area (Å²) < 4.78 is 32.5. The largest absolute Gasteiger partial charge is 0.378 e. The third-order valence-corrected chi connectivity index (χ3v) is 5.25. The van der Waals surface area contributed by atoms with Crippen LogP contribution in [-0.2, 0) is 14.8 Å². The molecule has 0 spiro atoms. The van der Waals surface area contributed by atoms with Gasteiger partial charge in [0.05, 0.1) is 22.0 Å². The summed E-state index contributed by atoms with van der Waals surface area (Å²) in [5, 5.41) is 0. The first-order chi connectivity index (χ1) is 11.0. The molecule has 0 radical (unpaired) electrons. The summed E-state index contributed by atoms with van der Waals surface area (Å²) in [4.78, 5) is 27.3. The maximum Gasteiger partial charge on any atom is 0.314 e. The van der Waals surface area contributed by atoms with Crippen LogP contribution in [0.3, 0.4) is 0 Å². The van der Waals surface area contributed by atoms with Gasteiger partial charge in [-0.1, -0.05) is 0 Å². The second kappa shape index (κ2) is 6.26. The molecule has 2 aromatic rings. The number of sulfonamides is 1. The SMILES string of the molecule is O=c1[nH]c2ccc(S(=O)(=O)NCCC3CCCO3)cc2[nH]c1=O. The summed E-state index contributed by atoms with van der Waals surface area (Å²) in [6.07, 6.45) is 2.69. The number of hydrogen-bond acceptors (Lipinski definition) is 5. The summed E-state index contributed by atoms with van der Waals surface area (Å²) in [6.45, 7) is 1.01. The molecule has 2 heterocycles. The molecule has 1 fully saturated rings. The van der Waals surface area contributed by atoms with Crippen molar-refractivity contribution in [2.24, 2.45) is 0 Å². The van der Waals surface area contributed by atoms with Crippen LogP contribution in [0.1, 0.15) is 19.3 Å². The highest BCUT2D eigenvalue weighted by Gasteiger charge is 2.18. The number of fused-ring (bicyclic) bond motifs is 1. The van der Waals surface area contributed by atoms with Gasteiger partial charge in [0.1, 0.15) is 0 Å². The minimum absolute atomic E-state index is 0.0278. The average Bonchev–Trinajstić information content (AvgIpc) is 3.01. The Balaban J connectivity index is 1.78. The minimum atomic E-state index is -3.69. The maximum absolute atomic E-state index is 12.3. The fourth-order valence-corrected chi connectivity index (χ4v) is 3.64. The zero-order valence-electron chi connectivity index (χ0n) is 12.3. The number of ether oxygens (including phenoxy) is 1. The molecule has 0 bridgehead atoms. The summed E-state index contributed by atoms with van der Waals surface area (Å²) in [6, 6.07) is 4.15. The maximum atomic E-state index is 12.3. The molecule has 1 unspecified atom stereocenters. The number of benzene rings is 1. The van der Waals surface area contributed by atoms with E-state index in [2.05, 4.69) is 14.7 Å². The van der Waals surface area contributed by atoms with E-state index < -0.39 is 21.1 Å². The third kappa shape index (κ3) is 3.52. The van der Waals surface area contributed by atoms with Gasteiger partial charge in [0, 0.05) is 13.2 Å². The molecule has 1 aromatic carbocycles. The van der Waals surface area contributed by atoms with Gasteiger partial charge < -0.3 is 14.7 Å². The highest BCUT2D eigenvalue weighted by Crippen LogP contribution is 2.16. The quantitative estimate of drug-likeness (QED) is 0.665. The molecule has 124 valence electrons. The van der Waals surface area contributed by atoms with Gasteiger partial charge in [0.15, 0.2) is 0 Å². The van der Waals surface area contributed by atoms with Gasteiger partial charge in [-0.15, -0.1) is 0 Å². The van der Waals surface area contributed by atoms with Crippen LogP contribution in [0.2, 0.25) is 0 Å². The van der Waals surface area contributed by atoms with E-state index in [1.807, 2.05) is 0 Å². The molecule has 8 nitrogen and oxygen atoms in total. The van der Waals surface area contributed by atoms with Crippen LogP contribution in [-0.4, -0.2) is 37.6 Å². The van der Waals surface area contributed by atoms with E-state index in [1.54, 1.807) is 0 Å². The molecule has 1 atom stereocenters. The van der Waals surface area contributed by atoms with Crippen molar-refractivity contribution in [2.75, 3.05) is 13.2 Å². The first-order valence-electron chi connectivity index (χ1n) is 7.33. The molecular formula is C14H17N3O5S. The van der Waals surface area contributed by atoms with Crippen LogP contribution in [0.5, 0.6) is 0 Å². The summed E-state index contributed by atoms with van der Waals surface area (Å²) in [5.74, 6) is 0. The summed E-state index contributed by atoms with van der Waals surface area (Å²) in [5.41, 5.74) is -0.967. The highest BCUT2D eigenvalue weighted by atomic mass is 32.2. The van der Waals surface area contributed by atoms with Crippen LogP contribution in [0.25, 0.3) is 11.0 Å². The van der Waals surface area contributed by atoms with Gasteiger partial charge in [0.25, 0.3) is 0 Å². The second-order valence-electron chi connectivity index (χ2n) is 5.44. The average molecular weight is 339 g/mol. The van der Waals surface area contributed by atoms with Gasteiger partial charge in [-0.3, -0.25) is 9.59 Å². The Labute approximate surface area is 131 Å².